The Bertz CT molecular complexity index is 44.2. The van der Waals surface area contributed by atoms with E-state index in [1.807, 2.05) is 0 Å². The Morgan fingerprint density at radius 2 is 1.44 bits per heavy atom. The van der Waals surface area contributed by atoms with Crippen LogP contribution in [0.5, 0.6) is 0 Å². The first-order valence-electron chi connectivity index (χ1n) is 3.68. The molecule has 0 aliphatic heterocycles. The van der Waals surface area contributed by atoms with Gasteiger partial charge in [-0.2, -0.15) is 0 Å². The van der Waals surface area contributed by atoms with Crippen LogP contribution in [0.15, 0.2) is 0 Å². The summed E-state index contributed by atoms with van der Waals surface area (Å²) in [6.45, 7) is 6.94. The Balaban J connectivity index is 0. The van der Waals surface area contributed by atoms with Crippen molar-refractivity contribution in [3.8, 4) is 0 Å². The molecule has 59 valence electrons. The molecule has 0 aromatic heterocycles. The normalized spacial score (nSPS) is 9.33. The molecule has 0 saturated heterocycles. The molecule has 0 bridgehead atoms. The predicted octanol–water partition coefficient (Wildman–Crippen LogP) is 2.93. The van der Waals surface area contributed by atoms with E-state index in [0.29, 0.717) is 0 Å². The molecule has 0 rings (SSSR count). The maximum absolute atomic E-state index is 2.33. The molecule has 2 heteroatoms. The molecule has 9 heavy (non-hydrogen) atoms. The SMILES string of the molecule is CCC[Si](CC)CC.[Dy]. The standard InChI is InChI=1S/C7H17Si.Dy/c1-4-7-8(5-2)6-3;/h4-7H2,1-3H3;. The van der Waals surface area contributed by atoms with Crippen molar-refractivity contribution in [1.29, 1.82) is 0 Å². The van der Waals surface area contributed by atoms with Crippen molar-refractivity contribution in [3.63, 3.8) is 0 Å². The maximum atomic E-state index is 2.33. The van der Waals surface area contributed by atoms with Gasteiger partial charge in [-0.3, -0.25) is 0 Å². The van der Waals surface area contributed by atoms with Gasteiger partial charge in [-0.05, 0) is 0 Å². The smallest absolute Gasteiger partial charge is 0.0473 e. The van der Waals surface area contributed by atoms with E-state index < -0.39 is 0 Å². The van der Waals surface area contributed by atoms with Gasteiger partial charge < -0.3 is 0 Å². The topological polar surface area (TPSA) is 0 Å². The molecule has 1 radical (unpaired) electrons. The maximum Gasteiger partial charge on any atom is 0.0473 e. The number of hydrogen-bond donors (Lipinski definition) is 0. The van der Waals surface area contributed by atoms with Crippen molar-refractivity contribution in [2.45, 2.75) is 45.3 Å². The number of hydrogen-bond acceptors (Lipinski definition) is 0. The van der Waals surface area contributed by atoms with Gasteiger partial charge in [0.2, 0.25) is 0 Å². The largest absolute Gasteiger partial charge is 0.0680 e. The average molecular weight is 292 g/mol. The monoisotopic (exact) mass is 293 g/mol. The minimum absolute atomic E-state index is 0. The van der Waals surface area contributed by atoms with E-state index in [1.54, 1.807) is 0 Å². The van der Waals surface area contributed by atoms with Crippen LogP contribution in [0.25, 0.3) is 0 Å². The van der Waals surface area contributed by atoms with Crippen LogP contribution in [0.3, 0.4) is 0 Å². The molecule has 0 nitrogen and oxygen atoms in total. The van der Waals surface area contributed by atoms with Crippen molar-refractivity contribution in [2.75, 3.05) is 0 Å². The zero-order valence-electron chi connectivity index (χ0n) is 6.64. The molecular weight excluding hydrogens is 275 g/mol. The molecule has 0 spiro atoms. The van der Waals surface area contributed by atoms with Crippen LogP contribution in [-0.2, 0) is 0 Å². The average Bonchev–Trinajstić information content (AvgIpc) is 1.83. The fourth-order valence-corrected chi connectivity index (χ4v) is 2.87. The van der Waals surface area contributed by atoms with Crippen LogP contribution in [-0.4, -0.2) is 8.80 Å². The minimum atomic E-state index is 0. The van der Waals surface area contributed by atoms with E-state index in [1.165, 1.54) is 24.6 Å². The van der Waals surface area contributed by atoms with Crippen molar-refractivity contribution in [2.24, 2.45) is 0 Å². The molecule has 0 atom stereocenters. The van der Waals surface area contributed by atoms with Gasteiger partial charge in [0.15, 0.2) is 0 Å². The third kappa shape index (κ3) is 7.39. The Morgan fingerprint density at radius 1 is 1.00 bits per heavy atom. The summed E-state index contributed by atoms with van der Waals surface area (Å²) in [5.74, 6) is 0. The van der Waals surface area contributed by atoms with Gasteiger partial charge in [0.1, 0.15) is 0 Å². The summed E-state index contributed by atoms with van der Waals surface area (Å²) < 4.78 is 0. The van der Waals surface area contributed by atoms with Gasteiger partial charge in [0.25, 0.3) is 0 Å². The molecule has 0 amide bonds. The molecule has 0 aliphatic carbocycles. The van der Waals surface area contributed by atoms with E-state index >= 15 is 0 Å². The van der Waals surface area contributed by atoms with Gasteiger partial charge in [-0.25, -0.2) is 0 Å². The second-order valence-corrected chi connectivity index (χ2v) is 5.62. The third-order valence-corrected chi connectivity index (χ3v) is 4.81. The van der Waals surface area contributed by atoms with Gasteiger partial charge in [0, 0.05) is 47.0 Å². The van der Waals surface area contributed by atoms with Crippen LogP contribution in [0.4, 0.5) is 0 Å². The quantitative estimate of drug-likeness (QED) is 0.699. The van der Waals surface area contributed by atoms with E-state index in [4.69, 9.17) is 0 Å². The summed E-state index contributed by atoms with van der Waals surface area (Å²) in [5.41, 5.74) is 0. The Labute approximate surface area is 91.4 Å². The van der Waals surface area contributed by atoms with Crippen LogP contribution in [0, 0.1) is 38.2 Å². The van der Waals surface area contributed by atoms with Crippen LogP contribution in [0.2, 0.25) is 18.1 Å². The fourth-order valence-electron chi connectivity index (χ4n) is 0.957. The Kier molecular flexibility index (Phi) is 13.8. The second-order valence-electron chi connectivity index (χ2n) is 2.21. The minimum Gasteiger partial charge on any atom is -0.0680 e. The summed E-state index contributed by atoms with van der Waals surface area (Å²) in [4.78, 5) is 0. The first-order chi connectivity index (χ1) is 3.85. The molecule has 0 saturated carbocycles. The van der Waals surface area contributed by atoms with Gasteiger partial charge in [-0.15, -0.1) is 0 Å². The van der Waals surface area contributed by atoms with E-state index in [9.17, 15) is 0 Å². The summed E-state index contributed by atoms with van der Waals surface area (Å²) in [6, 6.07) is 4.46. The molecule has 0 heterocycles. The first-order valence-corrected chi connectivity index (χ1v) is 5.80. The molecule has 0 fully saturated rings. The molecule has 0 N–H and O–H groups in total. The molecule has 0 aromatic carbocycles. The Hall–Kier alpha value is 1.49. The summed E-state index contributed by atoms with van der Waals surface area (Å²) >= 11 is 0. The fraction of sp³-hybridized carbons (Fsp3) is 1.00. The first kappa shape index (κ1) is 13.1. The van der Waals surface area contributed by atoms with Crippen LogP contribution >= 0.6 is 0 Å². The zero-order valence-corrected chi connectivity index (χ0v) is 9.67. The van der Waals surface area contributed by atoms with Gasteiger partial charge in [-0.1, -0.05) is 45.3 Å². The molecule has 0 unspecified atom stereocenters. The van der Waals surface area contributed by atoms with E-state index in [2.05, 4.69) is 20.8 Å². The number of rotatable bonds is 4. The summed E-state index contributed by atoms with van der Waals surface area (Å²) in [6.07, 6.45) is 1.40. The molecule has 0 aliphatic rings. The second kappa shape index (κ2) is 9.49. The van der Waals surface area contributed by atoms with Gasteiger partial charge >= 0.3 is 0 Å². The Morgan fingerprint density at radius 3 is 1.56 bits per heavy atom. The van der Waals surface area contributed by atoms with Crippen molar-refractivity contribution in [3.05, 3.63) is 0 Å². The molecule has 0 aromatic rings. The summed E-state index contributed by atoms with van der Waals surface area (Å²) in [7, 11) is 0.126. The van der Waals surface area contributed by atoms with Crippen molar-refractivity contribution in [1.82, 2.24) is 0 Å². The summed E-state index contributed by atoms with van der Waals surface area (Å²) in [5, 5.41) is 0. The van der Waals surface area contributed by atoms with E-state index in [-0.39, 0.29) is 47.0 Å². The third-order valence-electron chi connectivity index (χ3n) is 1.60. The van der Waals surface area contributed by atoms with Crippen molar-refractivity contribution < 1.29 is 38.2 Å². The zero-order chi connectivity index (χ0) is 6.41. The molecular formula is C7H17DySi. The van der Waals surface area contributed by atoms with Gasteiger partial charge in [0.05, 0.1) is 0 Å². The van der Waals surface area contributed by atoms with Crippen LogP contribution < -0.4 is 0 Å². The van der Waals surface area contributed by atoms with Crippen LogP contribution in [0.1, 0.15) is 27.2 Å². The van der Waals surface area contributed by atoms with Crippen molar-refractivity contribution >= 4 is 8.80 Å². The predicted molar refractivity (Wildman–Crippen MR) is 41.8 cm³/mol. The van der Waals surface area contributed by atoms with E-state index in [0.717, 1.165) is 0 Å².